The first kappa shape index (κ1) is 16.8. The van der Waals surface area contributed by atoms with Crippen LogP contribution in [0.5, 0.6) is 0 Å². The van der Waals surface area contributed by atoms with Gasteiger partial charge in [-0.25, -0.2) is 0 Å². The number of rotatable bonds is 3. The molecule has 1 aromatic carbocycles. The zero-order valence-electron chi connectivity index (χ0n) is 14.8. The Balaban J connectivity index is 1.40. The summed E-state index contributed by atoms with van der Waals surface area (Å²) in [4.78, 5) is 21.5. The molecule has 2 aromatic heterocycles. The number of aryl methyl sites for hydroxylation is 1. The Morgan fingerprint density at radius 2 is 1.92 bits per heavy atom. The van der Waals surface area contributed by atoms with Gasteiger partial charge in [0, 0.05) is 49.0 Å². The molecule has 0 N–H and O–H groups in total. The second kappa shape index (κ2) is 7.30. The molecule has 0 aliphatic carbocycles. The molecule has 3 aromatic rings. The summed E-state index contributed by atoms with van der Waals surface area (Å²) in [6.07, 6.45) is 1.70. The molecule has 0 radical (unpaired) electrons. The zero-order valence-corrected chi connectivity index (χ0v) is 15.6. The summed E-state index contributed by atoms with van der Waals surface area (Å²) in [5.74, 6) is 0.0678. The average Bonchev–Trinajstić information content (AvgIpc) is 3.23. The fourth-order valence-electron chi connectivity index (χ4n) is 3.28. The Bertz CT molecular complexity index is 882. The molecule has 5 heteroatoms. The van der Waals surface area contributed by atoms with Crippen LogP contribution in [0.4, 0.5) is 5.69 Å². The smallest absolute Gasteiger partial charge is 0.255 e. The highest BCUT2D eigenvalue weighted by atomic mass is 32.1. The Morgan fingerprint density at radius 3 is 2.58 bits per heavy atom. The Hall–Kier alpha value is -2.66. The molecule has 132 valence electrons. The van der Waals surface area contributed by atoms with Crippen LogP contribution in [0, 0.1) is 6.92 Å². The van der Waals surface area contributed by atoms with Gasteiger partial charge in [-0.05, 0) is 48.2 Å². The molecular formula is C21H21N3OS. The molecule has 4 rings (SSSR count). The predicted molar refractivity (Wildman–Crippen MR) is 107 cm³/mol. The van der Waals surface area contributed by atoms with Crippen molar-refractivity contribution >= 4 is 22.9 Å². The van der Waals surface area contributed by atoms with Gasteiger partial charge in [0.2, 0.25) is 0 Å². The number of piperazine rings is 1. The summed E-state index contributed by atoms with van der Waals surface area (Å²) in [6, 6.07) is 14.4. The van der Waals surface area contributed by atoms with Crippen molar-refractivity contribution in [3.05, 3.63) is 70.5 Å². The molecule has 0 saturated carbocycles. The van der Waals surface area contributed by atoms with Crippen molar-refractivity contribution in [2.24, 2.45) is 0 Å². The van der Waals surface area contributed by atoms with E-state index in [0.717, 1.165) is 37.4 Å². The normalized spacial score (nSPS) is 14.5. The Morgan fingerprint density at radius 1 is 1.08 bits per heavy atom. The lowest BCUT2D eigenvalue weighted by Crippen LogP contribution is -2.48. The highest BCUT2D eigenvalue weighted by Gasteiger charge is 2.22. The Kier molecular flexibility index (Phi) is 4.71. The number of aromatic nitrogens is 1. The molecule has 1 amide bonds. The molecule has 1 aliphatic heterocycles. The van der Waals surface area contributed by atoms with Gasteiger partial charge < -0.3 is 9.80 Å². The van der Waals surface area contributed by atoms with Gasteiger partial charge in [0.05, 0.1) is 11.3 Å². The first-order chi connectivity index (χ1) is 12.7. The molecule has 1 fully saturated rings. The van der Waals surface area contributed by atoms with Crippen molar-refractivity contribution in [1.29, 1.82) is 0 Å². The summed E-state index contributed by atoms with van der Waals surface area (Å²) < 4.78 is 0. The molecule has 26 heavy (non-hydrogen) atoms. The first-order valence-corrected chi connectivity index (χ1v) is 9.74. The standard InChI is InChI=1S/C21H21N3OS/c1-16-3-2-4-19(13-16)23-8-10-24(11-9-23)21(25)17-5-6-20(22-14-17)18-7-12-26-15-18/h2-7,12-15H,8-11H2,1H3. The minimum Gasteiger partial charge on any atom is -0.368 e. The van der Waals surface area contributed by atoms with Crippen LogP contribution in [0.1, 0.15) is 15.9 Å². The van der Waals surface area contributed by atoms with Gasteiger partial charge >= 0.3 is 0 Å². The molecule has 0 spiro atoms. The summed E-state index contributed by atoms with van der Waals surface area (Å²) in [7, 11) is 0. The van der Waals surface area contributed by atoms with Gasteiger partial charge in [-0.3, -0.25) is 9.78 Å². The van der Waals surface area contributed by atoms with E-state index < -0.39 is 0 Å². The summed E-state index contributed by atoms with van der Waals surface area (Å²) in [6.45, 7) is 5.29. The number of hydrogen-bond donors (Lipinski definition) is 0. The SMILES string of the molecule is Cc1cccc(N2CCN(C(=O)c3ccc(-c4ccsc4)nc3)CC2)c1. The van der Waals surface area contributed by atoms with Crippen LogP contribution >= 0.6 is 11.3 Å². The molecule has 0 bridgehead atoms. The molecule has 4 nitrogen and oxygen atoms in total. The molecule has 1 saturated heterocycles. The fourth-order valence-corrected chi connectivity index (χ4v) is 3.93. The van der Waals surface area contributed by atoms with Crippen molar-refractivity contribution in [1.82, 2.24) is 9.88 Å². The van der Waals surface area contributed by atoms with E-state index in [9.17, 15) is 4.79 Å². The number of carbonyl (C=O) groups excluding carboxylic acids is 1. The number of nitrogens with zero attached hydrogens (tertiary/aromatic N) is 3. The lowest BCUT2D eigenvalue weighted by atomic mass is 10.1. The highest BCUT2D eigenvalue weighted by molar-refractivity contribution is 7.08. The lowest BCUT2D eigenvalue weighted by Gasteiger charge is -2.36. The van der Waals surface area contributed by atoms with E-state index >= 15 is 0 Å². The van der Waals surface area contributed by atoms with Crippen molar-refractivity contribution < 1.29 is 4.79 Å². The van der Waals surface area contributed by atoms with E-state index in [2.05, 4.69) is 46.5 Å². The number of amides is 1. The number of benzene rings is 1. The van der Waals surface area contributed by atoms with Crippen LogP contribution in [0.15, 0.2) is 59.4 Å². The van der Waals surface area contributed by atoms with Crippen molar-refractivity contribution in [2.75, 3.05) is 31.1 Å². The van der Waals surface area contributed by atoms with Crippen LogP contribution in [-0.4, -0.2) is 42.0 Å². The molecular weight excluding hydrogens is 342 g/mol. The lowest BCUT2D eigenvalue weighted by molar-refractivity contribution is 0.0746. The minimum atomic E-state index is 0.0678. The molecule has 0 unspecified atom stereocenters. The second-order valence-electron chi connectivity index (χ2n) is 6.56. The van der Waals surface area contributed by atoms with Crippen molar-refractivity contribution in [3.8, 4) is 11.3 Å². The van der Waals surface area contributed by atoms with Crippen LogP contribution < -0.4 is 4.90 Å². The van der Waals surface area contributed by atoms with Crippen LogP contribution in [0.3, 0.4) is 0 Å². The van der Waals surface area contributed by atoms with Gasteiger partial charge in [0.25, 0.3) is 5.91 Å². The molecule has 1 aliphatic rings. The molecule has 0 atom stereocenters. The average molecular weight is 363 g/mol. The number of anilines is 1. The maximum Gasteiger partial charge on any atom is 0.255 e. The van der Waals surface area contributed by atoms with Gasteiger partial charge in [-0.15, -0.1) is 0 Å². The third kappa shape index (κ3) is 3.48. The van der Waals surface area contributed by atoms with Gasteiger partial charge in [-0.2, -0.15) is 11.3 Å². The van der Waals surface area contributed by atoms with Crippen molar-refractivity contribution in [2.45, 2.75) is 6.92 Å². The van der Waals surface area contributed by atoms with E-state index in [-0.39, 0.29) is 5.91 Å². The quantitative estimate of drug-likeness (QED) is 0.703. The second-order valence-corrected chi connectivity index (χ2v) is 7.34. The topological polar surface area (TPSA) is 36.4 Å². The fraction of sp³-hybridized carbons (Fsp3) is 0.238. The Labute approximate surface area is 157 Å². The van der Waals surface area contributed by atoms with Crippen LogP contribution in [-0.2, 0) is 0 Å². The highest BCUT2D eigenvalue weighted by Crippen LogP contribution is 2.21. The largest absolute Gasteiger partial charge is 0.368 e. The van der Waals surface area contributed by atoms with Crippen molar-refractivity contribution in [3.63, 3.8) is 0 Å². The summed E-state index contributed by atoms with van der Waals surface area (Å²) in [5, 5.41) is 4.10. The zero-order chi connectivity index (χ0) is 17.9. The van der Waals surface area contributed by atoms with Crippen LogP contribution in [0.2, 0.25) is 0 Å². The van der Waals surface area contributed by atoms with Gasteiger partial charge in [0.15, 0.2) is 0 Å². The van der Waals surface area contributed by atoms with Crippen LogP contribution in [0.25, 0.3) is 11.3 Å². The third-order valence-electron chi connectivity index (χ3n) is 4.76. The van der Waals surface area contributed by atoms with Gasteiger partial charge in [0.1, 0.15) is 0 Å². The number of pyridine rings is 1. The van der Waals surface area contributed by atoms with E-state index in [1.807, 2.05) is 28.5 Å². The maximum atomic E-state index is 12.8. The van der Waals surface area contributed by atoms with E-state index in [1.165, 1.54) is 11.3 Å². The van der Waals surface area contributed by atoms with E-state index in [1.54, 1.807) is 17.5 Å². The molecule has 3 heterocycles. The first-order valence-electron chi connectivity index (χ1n) is 8.80. The summed E-state index contributed by atoms with van der Waals surface area (Å²) in [5.41, 5.74) is 5.16. The van der Waals surface area contributed by atoms with E-state index in [0.29, 0.717) is 5.56 Å². The minimum absolute atomic E-state index is 0.0678. The van der Waals surface area contributed by atoms with E-state index in [4.69, 9.17) is 0 Å². The monoisotopic (exact) mass is 363 g/mol. The maximum absolute atomic E-state index is 12.8. The number of thiophene rings is 1. The number of carbonyl (C=O) groups is 1. The van der Waals surface area contributed by atoms with Gasteiger partial charge in [-0.1, -0.05) is 12.1 Å². The number of hydrogen-bond acceptors (Lipinski definition) is 4. The predicted octanol–water partition coefficient (Wildman–Crippen LogP) is 4.08. The summed E-state index contributed by atoms with van der Waals surface area (Å²) >= 11 is 1.65. The third-order valence-corrected chi connectivity index (χ3v) is 5.44.